The minimum atomic E-state index is 0.382. The SMILES string of the molecule is Nc1oncc1-c1cccs1. The van der Waals surface area contributed by atoms with E-state index in [1.807, 2.05) is 17.5 Å². The van der Waals surface area contributed by atoms with Crippen molar-refractivity contribution in [1.82, 2.24) is 5.16 Å². The van der Waals surface area contributed by atoms with Crippen LogP contribution in [-0.4, -0.2) is 5.16 Å². The molecule has 3 nitrogen and oxygen atoms in total. The van der Waals surface area contributed by atoms with E-state index in [0.29, 0.717) is 5.88 Å². The van der Waals surface area contributed by atoms with Crippen LogP contribution < -0.4 is 5.73 Å². The molecule has 0 aromatic carbocycles. The fraction of sp³-hybridized carbons (Fsp3) is 0. The fourth-order valence-corrected chi connectivity index (χ4v) is 1.61. The quantitative estimate of drug-likeness (QED) is 0.704. The molecule has 0 atom stereocenters. The van der Waals surface area contributed by atoms with Crippen LogP contribution in [0.25, 0.3) is 10.4 Å². The van der Waals surface area contributed by atoms with Gasteiger partial charge in [-0.3, -0.25) is 0 Å². The van der Waals surface area contributed by atoms with E-state index in [9.17, 15) is 0 Å². The van der Waals surface area contributed by atoms with E-state index in [1.54, 1.807) is 17.5 Å². The summed E-state index contributed by atoms with van der Waals surface area (Å²) in [6, 6.07) is 3.94. The number of rotatable bonds is 1. The van der Waals surface area contributed by atoms with E-state index < -0.39 is 0 Å². The first-order valence-corrected chi connectivity index (χ1v) is 4.00. The first kappa shape index (κ1) is 6.42. The highest BCUT2D eigenvalue weighted by Crippen LogP contribution is 2.28. The van der Waals surface area contributed by atoms with Gasteiger partial charge in [-0.15, -0.1) is 11.3 Å². The third kappa shape index (κ3) is 1.01. The van der Waals surface area contributed by atoms with Crippen LogP contribution >= 0.6 is 11.3 Å². The maximum atomic E-state index is 5.51. The van der Waals surface area contributed by atoms with Crippen molar-refractivity contribution in [3.05, 3.63) is 23.7 Å². The Kier molecular flexibility index (Phi) is 1.40. The Bertz CT molecular complexity index is 339. The summed E-state index contributed by atoms with van der Waals surface area (Å²) in [4.78, 5) is 1.09. The van der Waals surface area contributed by atoms with Crippen molar-refractivity contribution in [3.63, 3.8) is 0 Å². The molecule has 2 heterocycles. The molecule has 2 aromatic heterocycles. The lowest BCUT2D eigenvalue weighted by atomic mass is 10.3. The molecule has 0 unspecified atom stereocenters. The molecule has 0 fully saturated rings. The molecule has 2 N–H and O–H groups in total. The molecule has 56 valence electrons. The standard InChI is InChI=1S/C7H6N2OS/c8-7-5(4-9-10-7)6-2-1-3-11-6/h1-4H,8H2. The second kappa shape index (κ2) is 2.39. The molecule has 2 aromatic rings. The van der Waals surface area contributed by atoms with Crippen LogP contribution in [0.1, 0.15) is 0 Å². The molecule has 0 aliphatic rings. The Hall–Kier alpha value is -1.29. The van der Waals surface area contributed by atoms with Crippen LogP contribution in [0.4, 0.5) is 5.88 Å². The van der Waals surface area contributed by atoms with E-state index in [1.165, 1.54) is 0 Å². The Morgan fingerprint density at radius 3 is 3.00 bits per heavy atom. The summed E-state index contributed by atoms with van der Waals surface area (Å²) in [5.74, 6) is 0.382. The average molecular weight is 166 g/mol. The lowest BCUT2D eigenvalue weighted by Crippen LogP contribution is -1.81. The highest BCUT2D eigenvalue weighted by atomic mass is 32.1. The van der Waals surface area contributed by atoms with Crippen LogP contribution in [0.3, 0.4) is 0 Å². The zero-order chi connectivity index (χ0) is 7.68. The normalized spacial score (nSPS) is 10.2. The van der Waals surface area contributed by atoms with Gasteiger partial charge in [0.1, 0.15) is 0 Å². The molecule has 0 aliphatic carbocycles. The summed E-state index contributed by atoms with van der Waals surface area (Å²) in [5.41, 5.74) is 6.38. The van der Waals surface area contributed by atoms with Crippen molar-refractivity contribution >= 4 is 17.2 Å². The Labute approximate surface area is 67.4 Å². The highest BCUT2D eigenvalue weighted by molar-refractivity contribution is 7.13. The molecule has 0 saturated carbocycles. The van der Waals surface area contributed by atoms with Gasteiger partial charge in [0.25, 0.3) is 0 Å². The number of aromatic nitrogens is 1. The van der Waals surface area contributed by atoms with E-state index in [0.717, 1.165) is 10.4 Å². The summed E-state index contributed by atoms with van der Waals surface area (Å²) < 4.78 is 4.72. The van der Waals surface area contributed by atoms with Crippen molar-refractivity contribution < 1.29 is 4.52 Å². The van der Waals surface area contributed by atoms with E-state index in [-0.39, 0.29) is 0 Å². The predicted molar refractivity (Wildman–Crippen MR) is 44.2 cm³/mol. The van der Waals surface area contributed by atoms with Crippen molar-refractivity contribution in [3.8, 4) is 10.4 Å². The Morgan fingerprint density at radius 2 is 2.45 bits per heavy atom. The third-order valence-corrected chi connectivity index (χ3v) is 2.29. The monoisotopic (exact) mass is 166 g/mol. The van der Waals surface area contributed by atoms with Crippen molar-refractivity contribution in [2.45, 2.75) is 0 Å². The highest BCUT2D eigenvalue weighted by Gasteiger charge is 2.06. The van der Waals surface area contributed by atoms with Gasteiger partial charge < -0.3 is 10.3 Å². The van der Waals surface area contributed by atoms with Crippen LogP contribution in [-0.2, 0) is 0 Å². The number of anilines is 1. The van der Waals surface area contributed by atoms with Gasteiger partial charge in [-0.05, 0) is 11.4 Å². The summed E-state index contributed by atoms with van der Waals surface area (Å²) in [6.07, 6.45) is 1.63. The van der Waals surface area contributed by atoms with Crippen LogP contribution in [0.15, 0.2) is 28.2 Å². The zero-order valence-corrected chi connectivity index (χ0v) is 6.47. The zero-order valence-electron chi connectivity index (χ0n) is 5.65. The lowest BCUT2D eigenvalue weighted by Gasteiger charge is -1.88. The molecular weight excluding hydrogens is 160 g/mol. The summed E-state index contributed by atoms with van der Waals surface area (Å²) in [5, 5.41) is 5.57. The van der Waals surface area contributed by atoms with Crippen molar-refractivity contribution in [1.29, 1.82) is 0 Å². The second-order valence-electron chi connectivity index (χ2n) is 2.08. The topological polar surface area (TPSA) is 52.0 Å². The first-order valence-electron chi connectivity index (χ1n) is 3.12. The molecule has 2 rings (SSSR count). The van der Waals surface area contributed by atoms with E-state index in [2.05, 4.69) is 5.16 Å². The predicted octanol–water partition coefficient (Wildman–Crippen LogP) is 1.99. The van der Waals surface area contributed by atoms with Gasteiger partial charge in [-0.1, -0.05) is 11.2 Å². The van der Waals surface area contributed by atoms with Crippen LogP contribution in [0.5, 0.6) is 0 Å². The maximum absolute atomic E-state index is 5.51. The largest absolute Gasteiger partial charge is 0.367 e. The van der Waals surface area contributed by atoms with Gasteiger partial charge in [-0.25, -0.2) is 0 Å². The van der Waals surface area contributed by atoms with E-state index >= 15 is 0 Å². The fourth-order valence-electron chi connectivity index (χ4n) is 0.865. The van der Waals surface area contributed by atoms with Crippen LogP contribution in [0.2, 0.25) is 0 Å². The van der Waals surface area contributed by atoms with Crippen molar-refractivity contribution in [2.24, 2.45) is 0 Å². The van der Waals surface area contributed by atoms with Gasteiger partial charge in [-0.2, -0.15) is 0 Å². The van der Waals surface area contributed by atoms with Gasteiger partial charge in [0.05, 0.1) is 11.8 Å². The lowest BCUT2D eigenvalue weighted by molar-refractivity contribution is 0.437. The molecule has 0 spiro atoms. The number of nitrogen functional groups attached to an aromatic ring is 1. The molecule has 0 aliphatic heterocycles. The summed E-state index contributed by atoms with van der Waals surface area (Å²) >= 11 is 1.61. The summed E-state index contributed by atoms with van der Waals surface area (Å²) in [7, 11) is 0. The number of nitrogens with two attached hydrogens (primary N) is 1. The number of hydrogen-bond donors (Lipinski definition) is 1. The van der Waals surface area contributed by atoms with Crippen molar-refractivity contribution in [2.75, 3.05) is 5.73 Å². The number of hydrogen-bond acceptors (Lipinski definition) is 4. The minimum Gasteiger partial charge on any atom is -0.367 e. The Morgan fingerprint density at radius 1 is 1.55 bits per heavy atom. The minimum absolute atomic E-state index is 0.382. The smallest absolute Gasteiger partial charge is 0.230 e. The Balaban J connectivity index is 2.53. The summed E-state index contributed by atoms with van der Waals surface area (Å²) in [6.45, 7) is 0. The molecule has 11 heavy (non-hydrogen) atoms. The average Bonchev–Trinajstić information content (AvgIpc) is 2.55. The maximum Gasteiger partial charge on any atom is 0.230 e. The van der Waals surface area contributed by atoms with Gasteiger partial charge >= 0.3 is 0 Å². The first-order chi connectivity index (χ1) is 5.38. The van der Waals surface area contributed by atoms with Gasteiger partial charge in [0.2, 0.25) is 5.88 Å². The molecule has 4 heteroatoms. The molecule has 0 bridgehead atoms. The van der Waals surface area contributed by atoms with Crippen LogP contribution in [0, 0.1) is 0 Å². The molecule has 0 saturated heterocycles. The number of thiophene rings is 1. The molecular formula is C7H6N2OS. The van der Waals surface area contributed by atoms with Gasteiger partial charge in [0.15, 0.2) is 0 Å². The van der Waals surface area contributed by atoms with Gasteiger partial charge in [0, 0.05) is 4.88 Å². The molecule has 0 amide bonds. The third-order valence-electron chi connectivity index (χ3n) is 1.38. The molecule has 0 radical (unpaired) electrons. The number of nitrogens with zero attached hydrogens (tertiary/aromatic N) is 1. The second-order valence-corrected chi connectivity index (χ2v) is 3.03. The van der Waals surface area contributed by atoms with E-state index in [4.69, 9.17) is 10.3 Å².